The fourth-order valence-corrected chi connectivity index (χ4v) is 1.89. The number of anilines is 1. The van der Waals surface area contributed by atoms with Gasteiger partial charge in [0, 0.05) is 27.2 Å². The molecule has 21 heavy (non-hydrogen) atoms. The van der Waals surface area contributed by atoms with Gasteiger partial charge >= 0.3 is 0 Å². The topological polar surface area (TPSA) is 52.6 Å². The number of guanidine groups is 1. The van der Waals surface area contributed by atoms with Crippen LogP contribution in [0.15, 0.2) is 23.2 Å². The molecule has 2 N–H and O–H groups in total. The normalized spacial score (nSPS) is 11.3. The summed E-state index contributed by atoms with van der Waals surface area (Å²) in [4.78, 5) is 11.2. The minimum absolute atomic E-state index is 0.588. The van der Waals surface area contributed by atoms with Crippen molar-refractivity contribution >= 4 is 11.8 Å². The predicted octanol–water partition coefficient (Wildman–Crippen LogP) is 2.39. The van der Waals surface area contributed by atoms with Crippen LogP contribution in [0.5, 0.6) is 0 Å². The third-order valence-electron chi connectivity index (χ3n) is 3.07. The van der Waals surface area contributed by atoms with Gasteiger partial charge in [-0.1, -0.05) is 25.8 Å². The number of nitrogens with zero attached hydrogens (tertiary/aromatic N) is 3. The maximum atomic E-state index is 4.60. The van der Waals surface area contributed by atoms with E-state index in [1.807, 2.05) is 37.2 Å². The summed E-state index contributed by atoms with van der Waals surface area (Å²) in [5, 5.41) is 6.63. The molecule has 0 fully saturated rings. The molecule has 0 amide bonds. The van der Waals surface area contributed by atoms with E-state index in [1.54, 1.807) is 0 Å². The molecule has 0 aliphatic carbocycles. The molecule has 1 heterocycles. The van der Waals surface area contributed by atoms with Gasteiger partial charge in [0.25, 0.3) is 0 Å². The van der Waals surface area contributed by atoms with E-state index in [0.29, 0.717) is 6.54 Å². The van der Waals surface area contributed by atoms with Crippen molar-refractivity contribution in [3.8, 4) is 0 Å². The van der Waals surface area contributed by atoms with Gasteiger partial charge in [-0.3, -0.25) is 0 Å². The van der Waals surface area contributed by atoms with E-state index in [9.17, 15) is 0 Å². The molecule has 0 spiro atoms. The van der Waals surface area contributed by atoms with Crippen molar-refractivity contribution in [1.82, 2.24) is 15.6 Å². The molecule has 0 aromatic carbocycles. The van der Waals surface area contributed by atoms with E-state index < -0.39 is 0 Å². The van der Waals surface area contributed by atoms with Gasteiger partial charge < -0.3 is 15.5 Å². The molecular weight excluding hydrogens is 262 g/mol. The molecule has 1 aromatic rings. The van der Waals surface area contributed by atoms with Crippen molar-refractivity contribution in [2.75, 3.05) is 32.1 Å². The van der Waals surface area contributed by atoms with Gasteiger partial charge in [0.05, 0.1) is 12.2 Å². The van der Waals surface area contributed by atoms with E-state index in [0.717, 1.165) is 30.6 Å². The number of hydrogen-bond acceptors (Lipinski definition) is 3. The number of unbranched alkanes of at least 4 members (excludes halogenated alkanes) is 2. The van der Waals surface area contributed by atoms with Crippen LogP contribution in [0.2, 0.25) is 0 Å². The lowest BCUT2D eigenvalue weighted by Crippen LogP contribution is -2.37. The van der Waals surface area contributed by atoms with Crippen molar-refractivity contribution in [3.05, 3.63) is 23.9 Å². The Morgan fingerprint density at radius 3 is 2.67 bits per heavy atom. The second-order valence-corrected chi connectivity index (χ2v) is 5.21. The summed E-state index contributed by atoms with van der Waals surface area (Å²) in [6, 6.07) is 6.04. The Balaban J connectivity index is 2.58. The maximum absolute atomic E-state index is 4.60. The van der Waals surface area contributed by atoms with Crippen LogP contribution in [0.3, 0.4) is 0 Å². The highest BCUT2D eigenvalue weighted by Crippen LogP contribution is 2.08. The molecular formula is C16H29N5. The highest BCUT2D eigenvalue weighted by Gasteiger charge is 2.00. The van der Waals surface area contributed by atoms with Crippen LogP contribution in [0.25, 0.3) is 0 Å². The number of nitrogens with one attached hydrogen (secondary N) is 2. The quantitative estimate of drug-likeness (QED) is 0.439. The summed E-state index contributed by atoms with van der Waals surface area (Å²) in [6.07, 6.45) is 3.66. The third kappa shape index (κ3) is 6.97. The standard InChI is InChI=1S/C16H29N5/c1-5-7-8-12-18-16(17-6-2)19-13-14-10-9-11-15(20-14)21(3)4/h9-11H,5-8,12-13H2,1-4H3,(H2,17,18,19). The second kappa shape index (κ2) is 10.0. The van der Waals surface area contributed by atoms with Gasteiger partial charge in [-0.25, -0.2) is 9.98 Å². The Hall–Kier alpha value is -1.78. The van der Waals surface area contributed by atoms with Crippen molar-refractivity contribution < 1.29 is 0 Å². The summed E-state index contributed by atoms with van der Waals surface area (Å²) in [5.74, 6) is 1.83. The number of aliphatic imine (C=N–C) groups is 1. The van der Waals surface area contributed by atoms with Crippen LogP contribution < -0.4 is 15.5 Å². The molecule has 118 valence electrons. The zero-order valence-electron chi connectivity index (χ0n) is 13.8. The molecule has 5 heteroatoms. The van der Waals surface area contributed by atoms with Crippen molar-refractivity contribution in [2.45, 2.75) is 39.7 Å². The summed E-state index contributed by atoms with van der Waals surface area (Å²) < 4.78 is 0. The molecule has 0 saturated heterocycles. The number of pyridine rings is 1. The number of hydrogen-bond donors (Lipinski definition) is 2. The highest BCUT2D eigenvalue weighted by atomic mass is 15.2. The van der Waals surface area contributed by atoms with E-state index in [1.165, 1.54) is 19.3 Å². The largest absolute Gasteiger partial charge is 0.363 e. The average Bonchev–Trinajstić information content (AvgIpc) is 2.49. The van der Waals surface area contributed by atoms with E-state index >= 15 is 0 Å². The predicted molar refractivity (Wildman–Crippen MR) is 90.9 cm³/mol. The first kappa shape index (κ1) is 17.3. The number of rotatable bonds is 8. The van der Waals surface area contributed by atoms with Crippen LogP contribution in [0.1, 0.15) is 38.8 Å². The van der Waals surface area contributed by atoms with Crippen LogP contribution in [0, 0.1) is 0 Å². The zero-order chi connectivity index (χ0) is 15.5. The van der Waals surface area contributed by atoms with E-state index in [4.69, 9.17) is 0 Å². The smallest absolute Gasteiger partial charge is 0.191 e. The van der Waals surface area contributed by atoms with Gasteiger partial charge in [0.2, 0.25) is 0 Å². The summed E-state index contributed by atoms with van der Waals surface area (Å²) >= 11 is 0. The average molecular weight is 291 g/mol. The fraction of sp³-hybridized carbons (Fsp3) is 0.625. The minimum atomic E-state index is 0.588. The third-order valence-corrected chi connectivity index (χ3v) is 3.07. The molecule has 0 unspecified atom stereocenters. The second-order valence-electron chi connectivity index (χ2n) is 5.21. The lowest BCUT2D eigenvalue weighted by Gasteiger charge is -2.13. The Morgan fingerprint density at radius 2 is 2.00 bits per heavy atom. The fourth-order valence-electron chi connectivity index (χ4n) is 1.89. The Kier molecular flexibility index (Phi) is 8.24. The maximum Gasteiger partial charge on any atom is 0.191 e. The first-order chi connectivity index (χ1) is 10.2. The van der Waals surface area contributed by atoms with Crippen molar-refractivity contribution in [1.29, 1.82) is 0 Å². The summed E-state index contributed by atoms with van der Waals surface area (Å²) in [5.41, 5.74) is 0.979. The van der Waals surface area contributed by atoms with Gasteiger partial charge in [-0.05, 0) is 25.5 Å². The van der Waals surface area contributed by atoms with Gasteiger partial charge in [0.15, 0.2) is 5.96 Å². The monoisotopic (exact) mass is 291 g/mol. The number of aromatic nitrogens is 1. The molecule has 1 aromatic heterocycles. The first-order valence-corrected chi connectivity index (χ1v) is 7.82. The molecule has 5 nitrogen and oxygen atoms in total. The van der Waals surface area contributed by atoms with Gasteiger partial charge in [-0.15, -0.1) is 0 Å². The molecule has 1 rings (SSSR count). The van der Waals surface area contributed by atoms with E-state index in [-0.39, 0.29) is 0 Å². The SMILES string of the molecule is CCCCCNC(=NCc1cccc(N(C)C)n1)NCC. The van der Waals surface area contributed by atoms with Crippen molar-refractivity contribution in [2.24, 2.45) is 4.99 Å². The van der Waals surface area contributed by atoms with Crippen LogP contribution >= 0.6 is 0 Å². The molecule has 0 saturated carbocycles. The molecule has 0 aliphatic heterocycles. The van der Waals surface area contributed by atoms with Crippen molar-refractivity contribution in [3.63, 3.8) is 0 Å². The van der Waals surface area contributed by atoms with Crippen LogP contribution in [0.4, 0.5) is 5.82 Å². The zero-order valence-corrected chi connectivity index (χ0v) is 13.8. The highest BCUT2D eigenvalue weighted by molar-refractivity contribution is 5.79. The molecule has 0 atom stereocenters. The van der Waals surface area contributed by atoms with E-state index in [2.05, 4.69) is 34.5 Å². The molecule has 0 radical (unpaired) electrons. The molecule has 0 aliphatic rings. The lowest BCUT2D eigenvalue weighted by atomic mass is 10.2. The van der Waals surface area contributed by atoms with Crippen LogP contribution in [-0.4, -0.2) is 38.1 Å². The van der Waals surface area contributed by atoms with Crippen LogP contribution in [-0.2, 0) is 6.54 Å². The summed E-state index contributed by atoms with van der Waals surface area (Å²) in [7, 11) is 3.99. The van der Waals surface area contributed by atoms with Gasteiger partial charge in [0.1, 0.15) is 5.82 Å². The summed E-state index contributed by atoms with van der Waals surface area (Å²) in [6.45, 7) is 6.71. The Morgan fingerprint density at radius 1 is 1.19 bits per heavy atom. The first-order valence-electron chi connectivity index (χ1n) is 7.82. The minimum Gasteiger partial charge on any atom is -0.363 e. The Bertz CT molecular complexity index is 428. The molecule has 0 bridgehead atoms. The van der Waals surface area contributed by atoms with Gasteiger partial charge in [-0.2, -0.15) is 0 Å². The Labute approximate surface area is 128 Å². The lowest BCUT2D eigenvalue weighted by molar-refractivity contribution is 0.683.